The average molecular weight is 455 g/mol. The van der Waals surface area contributed by atoms with Crippen LogP contribution in [0.4, 0.5) is 10.1 Å². The number of nitrogens with one attached hydrogen (secondary N) is 2. The first-order valence-electron chi connectivity index (χ1n) is 11.4. The van der Waals surface area contributed by atoms with Crippen molar-refractivity contribution in [3.63, 3.8) is 0 Å². The van der Waals surface area contributed by atoms with Crippen LogP contribution in [0.25, 0.3) is 0 Å². The Bertz CT molecular complexity index is 941. The molecule has 176 valence electrons. The van der Waals surface area contributed by atoms with Crippen LogP contribution < -0.4 is 10.6 Å². The molecular weight excluding hydrogens is 423 g/mol. The summed E-state index contributed by atoms with van der Waals surface area (Å²) in [5, 5.41) is 17.2. The minimum Gasteiger partial charge on any atom is -0.358 e. The van der Waals surface area contributed by atoms with Gasteiger partial charge in [0.1, 0.15) is 12.1 Å². The van der Waals surface area contributed by atoms with Crippen molar-refractivity contribution in [3.05, 3.63) is 87.6 Å². The van der Waals surface area contributed by atoms with E-state index in [1.807, 2.05) is 18.2 Å². The summed E-state index contributed by atoms with van der Waals surface area (Å²) in [4.78, 5) is 24.0. The van der Waals surface area contributed by atoms with Crippen molar-refractivity contribution in [1.29, 1.82) is 0 Å². The molecule has 2 aromatic carbocycles. The molecule has 1 saturated heterocycles. The SMILES string of the molecule is O=CCc1cccc(N/C=C(\NCCCN2CCC(Cc3ccc(F)cc3)CC2)[N+](=O)[O-])c1. The molecule has 8 heteroatoms. The fourth-order valence-corrected chi connectivity index (χ4v) is 4.09. The van der Waals surface area contributed by atoms with Crippen LogP contribution in [0.3, 0.4) is 0 Å². The average Bonchev–Trinajstić information content (AvgIpc) is 2.81. The van der Waals surface area contributed by atoms with E-state index in [9.17, 15) is 19.3 Å². The zero-order valence-corrected chi connectivity index (χ0v) is 18.7. The number of nitro groups is 1. The Kier molecular flexibility index (Phi) is 9.38. The molecule has 2 N–H and O–H groups in total. The summed E-state index contributed by atoms with van der Waals surface area (Å²) in [6.07, 6.45) is 6.49. The van der Waals surface area contributed by atoms with Gasteiger partial charge >= 0.3 is 5.82 Å². The standard InChI is InChI=1S/C25H31FN4O3/c26-23-7-5-21(6-8-23)17-22-9-14-29(15-10-22)13-2-12-27-25(30(32)33)19-28-24-4-1-3-20(18-24)11-16-31/h1,3-8,16,18-19,22,27-28H,2,9-15,17H2/b25-19+. The van der Waals surface area contributed by atoms with Gasteiger partial charge in [0.15, 0.2) is 0 Å². The molecule has 1 fully saturated rings. The summed E-state index contributed by atoms with van der Waals surface area (Å²) in [5.41, 5.74) is 2.72. The van der Waals surface area contributed by atoms with Crippen molar-refractivity contribution < 1.29 is 14.1 Å². The van der Waals surface area contributed by atoms with Gasteiger partial charge in [-0.15, -0.1) is 0 Å². The van der Waals surface area contributed by atoms with Crippen LogP contribution in [0, 0.1) is 21.8 Å². The number of halogens is 1. The molecule has 0 saturated carbocycles. The lowest BCUT2D eigenvalue weighted by atomic mass is 9.90. The number of anilines is 1. The van der Waals surface area contributed by atoms with Crippen molar-refractivity contribution in [3.8, 4) is 0 Å². The molecule has 0 spiro atoms. The second kappa shape index (κ2) is 12.7. The van der Waals surface area contributed by atoms with Crippen LogP contribution in [0.2, 0.25) is 0 Å². The molecule has 0 unspecified atom stereocenters. The van der Waals surface area contributed by atoms with E-state index in [0.29, 0.717) is 24.6 Å². The van der Waals surface area contributed by atoms with Crippen molar-refractivity contribution in [1.82, 2.24) is 10.2 Å². The van der Waals surface area contributed by atoms with E-state index in [-0.39, 0.29) is 11.6 Å². The Balaban J connectivity index is 1.37. The number of rotatable bonds is 12. The summed E-state index contributed by atoms with van der Waals surface area (Å²) >= 11 is 0. The van der Waals surface area contributed by atoms with Crippen LogP contribution in [-0.4, -0.2) is 42.3 Å². The van der Waals surface area contributed by atoms with Gasteiger partial charge in [0.2, 0.25) is 0 Å². The second-order valence-electron chi connectivity index (χ2n) is 8.40. The van der Waals surface area contributed by atoms with Gasteiger partial charge in [0.05, 0.1) is 12.7 Å². The number of carbonyl (C=O) groups excluding carboxylic acids is 1. The summed E-state index contributed by atoms with van der Waals surface area (Å²) < 4.78 is 13.1. The third kappa shape index (κ3) is 8.31. The van der Waals surface area contributed by atoms with Crippen LogP contribution in [0.5, 0.6) is 0 Å². The minimum absolute atomic E-state index is 0.0891. The van der Waals surface area contributed by atoms with Crippen molar-refractivity contribution in [2.75, 3.05) is 31.5 Å². The van der Waals surface area contributed by atoms with Gasteiger partial charge in [-0.25, -0.2) is 4.39 Å². The van der Waals surface area contributed by atoms with Gasteiger partial charge in [-0.2, -0.15) is 0 Å². The number of piperidine rings is 1. The molecule has 2 aromatic rings. The van der Waals surface area contributed by atoms with Crippen LogP contribution in [-0.2, 0) is 17.6 Å². The second-order valence-corrected chi connectivity index (χ2v) is 8.40. The Labute approximate surface area is 193 Å². The van der Waals surface area contributed by atoms with E-state index in [2.05, 4.69) is 15.5 Å². The summed E-state index contributed by atoms with van der Waals surface area (Å²) in [6, 6.07) is 14.0. The van der Waals surface area contributed by atoms with Crippen molar-refractivity contribution in [2.24, 2.45) is 5.92 Å². The first-order chi connectivity index (χ1) is 16.0. The van der Waals surface area contributed by atoms with E-state index in [4.69, 9.17) is 0 Å². The number of aldehydes is 1. The quantitative estimate of drug-likeness (QED) is 0.218. The highest BCUT2D eigenvalue weighted by atomic mass is 19.1. The number of nitrogens with zero attached hydrogens (tertiary/aromatic N) is 2. The van der Waals surface area contributed by atoms with E-state index < -0.39 is 4.92 Å². The molecule has 33 heavy (non-hydrogen) atoms. The molecule has 0 aliphatic carbocycles. The Morgan fingerprint density at radius 2 is 1.91 bits per heavy atom. The number of carbonyl (C=O) groups is 1. The van der Waals surface area contributed by atoms with E-state index >= 15 is 0 Å². The maximum atomic E-state index is 13.1. The highest BCUT2D eigenvalue weighted by molar-refractivity contribution is 5.58. The topological polar surface area (TPSA) is 87.5 Å². The molecule has 0 aromatic heterocycles. The summed E-state index contributed by atoms with van der Waals surface area (Å²) in [6.45, 7) is 3.43. The van der Waals surface area contributed by atoms with Crippen molar-refractivity contribution in [2.45, 2.75) is 32.1 Å². The molecule has 7 nitrogen and oxygen atoms in total. The van der Waals surface area contributed by atoms with Gasteiger partial charge in [0.25, 0.3) is 0 Å². The smallest absolute Gasteiger partial charge is 0.332 e. The molecule has 1 aliphatic rings. The van der Waals surface area contributed by atoms with Crippen LogP contribution >= 0.6 is 0 Å². The minimum atomic E-state index is -0.441. The fraction of sp³-hybridized carbons (Fsp3) is 0.400. The van der Waals surface area contributed by atoms with E-state index in [0.717, 1.165) is 57.2 Å². The predicted octanol–water partition coefficient (Wildman–Crippen LogP) is 3.99. The van der Waals surface area contributed by atoms with E-state index in [1.54, 1.807) is 18.2 Å². The Hall–Kier alpha value is -3.26. The molecular formula is C25H31FN4O3. The first kappa shape index (κ1) is 24.4. The Morgan fingerprint density at radius 1 is 1.15 bits per heavy atom. The van der Waals surface area contributed by atoms with Gasteiger partial charge < -0.3 is 25.1 Å². The lowest BCUT2D eigenvalue weighted by Gasteiger charge is -2.31. The van der Waals surface area contributed by atoms with Crippen LogP contribution in [0.15, 0.2) is 60.6 Å². The zero-order valence-electron chi connectivity index (χ0n) is 18.7. The zero-order chi connectivity index (χ0) is 23.5. The molecule has 1 aliphatic heterocycles. The first-order valence-corrected chi connectivity index (χ1v) is 11.4. The maximum Gasteiger partial charge on any atom is 0.332 e. The highest BCUT2D eigenvalue weighted by Crippen LogP contribution is 2.22. The van der Waals surface area contributed by atoms with Gasteiger partial charge in [-0.3, -0.25) is 5.32 Å². The van der Waals surface area contributed by atoms with Crippen LogP contribution in [0.1, 0.15) is 30.4 Å². The van der Waals surface area contributed by atoms with Gasteiger partial charge in [-0.05, 0) is 85.0 Å². The number of hydrogen-bond acceptors (Lipinski definition) is 6. The molecule has 0 amide bonds. The third-order valence-electron chi connectivity index (χ3n) is 5.92. The third-order valence-corrected chi connectivity index (χ3v) is 5.92. The lowest BCUT2D eigenvalue weighted by molar-refractivity contribution is -0.431. The fourth-order valence-electron chi connectivity index (χ4n) is 4.09. The van der Waals surface area contributed by atoms with E-state index in [1.165, 1.54) is 23.9 Å². The Morgan fingerprint density at radius 3 is 2.61 bits per heavy atom. The molecule has 0 radical (unpaired) electrons. The van der Waals surface area contributed by atoms with Crippen molar-refractivity contribution >= 4 is 12.0 Å². The van der Waals surface area contributed by atoms with Gasteiger partial charge in [0, 0.05) is 18.7 Å². The number of hydrogen-bond donors (Lipinski definition) is 2. The largest absolute Gasteiger partial charge is 0.358 e. The highest BCUT2D eigenvalue weighted by Gasteiger charge is 2.19. The summed E-state index contributed by atoms with van der Waals surface area (Å²) in [7, 11) is 0. The number of likely N-dealkylation sites (tertiary alicyclic amines) is 1. The molecule has 1 heterocycles. The maximum absolute atomic E-state index is 13.1. The molecule has 0 bridgehead atoms. The number of benzene rings is 2. The monoisotopic (exact) mass is 454 g/mol. The summed E-state index contributed by atoms with van der Waals surface area (Å²) in [5.74, 6) is 0.329. The normalized spacial score (nSPS) is 15.2. The predicted molar refractivity (Wildman–Crippen MR) is 127 cm³/mol. The molecule has 3 rings (SSSR count). The van der Waals surface area contributed by atoms with Gasteiger partial charge in [-0.1, -0.05) is 24.3 Å². The molecule has 0 atom stereocenters. The lowest BCUT2D eigenvalue weighted by Crippen LogP contribution is -2.36.